The van der Waals surface area contributed by atoms with Crippen LogP contribution in [0.1, 0.15) is 43.2 Å². The van der Waals surface area contributed by atoms with Crippen LogP contribution in [0.2, 0.25) is 0 Å². The molecule has 2 aliphatic rings. The number of benzene rings is 2. The summed E-state index contributed by atoms with van der Waals surface area (Å²) in [4.78, 5) is 15.5. The number of halogens is 1. The quantitative estimate of drug-likeness (QED) is 0.787. The lowest BCUT2D eigenvalue weighted by Gasteiger charge is -2.30. The van der Waals surface area contributed by atoms with Gasteiger partial charge < -0.3 is 10.4 Å². The summed E-state index contributed by atoms with van der Waals surface area (Å²) in [5, 5.41) is 13.4. The first-order valence-corrected chi connectivity index (χ1v) is 10.6. The lowest BCUT2D eigenvalue weighted by atomic mass is 9.78. The zero-order valence-electron chi connectivity index (χ0n) is 16.7. The van der Waals surface area contributed by atoms with Crippen LogP contribution in [0.4, 0.5) is 4.39 Å². The number of amides is 1. The summed E-state index contributed by atoms with van der Waals surface area (Å²) in [6, 6.07) is 16.7. The van der Waals surface area contributed by atoms with Crippen LogP contribution in [0, 0.1) is 5.82 Å². The number of hydrogen-bond acceptors (Lipinski definition) is 3. The van der Waals surface area contributed by atoms with Gasteiger partial charge in [-0.25, -0.2) is 4.39 Å². The summed E-state index contributed by atoms with van der Waals surface area (Å²) in [5.41, 5.74) is 1.55. The molecule has 154 valence electrons. The molecule has 1 saturated carbocycles. The largest absolute Gasteiger partial charge is 0.392 e. The smallest absolute Gasteiger partial charge is 0.230 e. The molecule has 1 aliphatic carbocycles. The number of likely N-dealkylation sites (tertiary alicyclic amines) is 1. The van der Waals surface area contributed by atoms with E-state index in [9.17, 15) is 14.3 Å². The number of carbonyl (C=O) groups excluding carboxylic acids is 1. The van der Waals surface area contributed by atoms with Crippen LogP contribution in [-0.2, 0) is 16.8 Å². The Morgan fingerprint density at radius 1 is 1.10 bits per heavy atom. The van der Waals surface area contributed by atoms with Gasteiger partial charge in [-0.2, -0.15) is 0 Å². The Morgan fingerprint density at radius 2 is 1.79 bits per heavy atom. The monoisotopic (exact) mass is 396 g/mol. The molecular weight excluding hydrogens is 367 g/mol. The Hall–Kier alpha value is -2.24. The average molecular weight is 397 g/mol. The molecule has 5 heteroatoms. The van der Waals surface area contributed by atoms with Crippen molar-refractivity contribution in [3.8, 4) is 0 Å². The number of nitrogens with zero attached hydrogens (tertiary/aromatic N) is 1. The molecule has 2 N–H and O–H groups in total. The fourth-order valence-electron chi connectivity index (χ4n) is 4.96. The van der Waals surface area contributed by atoms with E-state index < -0.39 is 5.41 Å². The maximum Gasteiger partial charge on any atom is 0.230 e. The van der Waals surface area contributed by atoms with E-state index in [0.29, 0.717) is 19.5 Å². The SMILES string of the molecule is O=C(NCC1CC(O)CN1Cc1ccccc1)C1(c2ccc(F)cc2)CCCC1. The van der Waals surface area contributed by atoms with Crippen LogP contribution in [-0.4, -0.2) is 41.1 Å². The molecule has 0 aromatic heterocycles. The molecule has 1 heterocycles. The van der Waals surface area contributed by atoms with Crippen molar-refractivity contribution < 1.29 is 14.3 Å². The summed E-state index contributed by atoms with van der Waals surface area (Å²) in [5.74, 6) is -0.249. The topological polar surface area (TPSA) is 52.6 Å². The van der Waals surface area contributed by atoms with E-state index >= 15 is 0 Å². The minimum absolute atomic E-state index is 0.0302. The number of rotatable bonds is 6. The van der Waals surface area contributed by atoms with Gasteiger partial charge in [0.1, 0.15) is 5.82 Å². The van der Waals surface area contributed by atoms with Crippen molar-refractivity contribution in [3.63, 3.8) is 0 Å². The molecule has 0 radical (unpaired) electrons. The molecule has 4 nitrogen and oxygen atoms in total. The third-order valence-electron chi connectivity index (χ3n) is 6.52. The predicted molar refractivity (Wildman–Crippen MR) is 111 cm³/mol. The molecule has 1 saturated heterocycles. The summed E-state index contributed by atoms with van der Waals surface area (Å²) < 4.78 is 13.4. The summed E-state index contributed by atoms with van der Waals surface area (Å²) in [7, 11) is 0. The number of β-amino-alcohol motifs (C(OH)–C–C–N with tert-alkyl or cyclic N) is 1. The number of carbonyl (C=O) groups is 1. The minimum Gasteiger partial charge on any atom is -0.392 e. The molecule has 2 atom stereocenters. The normalized spacial score (nSPS) is 23.9. The maximum absolute atomic E-state index is 13.4. The summed E-state index contributed by atoms with van der Waals surface area (Å²) in [6.07, 6.45) is 3.91. The summed E-state index contributed by atoms with van der Waals surface area (Å²) >= 11 is 0. The first kappa shape index (κ1) is 20.0. The van der Waals surface area contributed by atoms with Gasteiger partial charge >= 0.3 is 0 Å². The van der Waals surface area contributed by atoms with Crippen molar-refractivity contribution in [3.05, 3.63) is 71.5 Å². The highest BCUT2D eigenvalue weighted by atomic mass is 19.1. The van der Waals surface area contributed by atoms with Crippen molar-refractivity contribution in [2.24, 2.45) is 0 Å². The Morgan fingerprint density at radius 3 is 2.48 bits per heavy atom. The fraction of sp³-hybridized carbons (Fsp3) is 0.458. The zero-order chi connectivity index (χ0) is 20.3. The Labute approximate surface area is 171 Å². The van der Waals surface area contributed by atoms with E-state index in [1.54, 1.807) is 12.1 Å². The minimum atomic E-state index is -0.560. The third kappa shape index (κ3) is 4.36. The van der Waals surface area contributed by atoms with Crippen LogP contribution in [0.5, 0.6) is 0 Å². The first-order chi connectivity index (χ1) is 14.1. The maximum atomic E-state index is 13.4. The Bertz CT molecular complexity index is 819. The molecule has 2 aromatic carbocycles. The van der Waals surface area contributed by atoms with Gasteiger partial charge in [-0.05, 0) is 42.5 Å². The van der Waals surface area contributed by atoms with E-state index in [0.717, 1.165) is 37.8 Å². The lowest BCUT2D eigenvalue weighted by molar-refractivity contribution is -0.126. The van der Waals surface area contributed by atoms with Gasteiger partial charge in [0.25, 0.3) is 0 Å². The molecule has 4 rings (SSSR count). The number of nitrogens with one attached hydrogen (secondary N) is 1. The van der Waals surface area contributed by atoms with Gasteiger partial charge in [-0.1, -0.05) is 55.3 Å². The van der Waals surface area contributed by atoms with E-state index in [2.05, 4.69) is 22.3 Å². The second-order valence-electron chi connectivity index (χ2n) is 8.46. The molecule has 0 spiro atoms. The van der Waals surface area contributed by atoms with E-state index in [4.69, 9.17) is 0 Å². The Balaban J connectivity index is 1.43. The van der Waals surface area contributed by atoms with Gasteiger partial charge in [-0.15, -0.1) is 0 Å². The molecule has 2 aromatic rings. The molecule has 2 unspecified atom stereocenters. The third-order valence-corrected chi connectivity index (χ3v) is 6.52. The van der Waals surface area contributed by atoms with E-state index in [1.165, 1.54) is 17.7 Å². The highest BCUT2D eigenvalue weighted by Crippen LogP contribution is 2.41. The Kier molecular flexibility index (Phi) is 5.97. The zero-order valence-corrected chi connectivity index (χ0v) is 16.7. The van der Waals surface area contributed by atoms with E-state index in [1.807, 2.05) is 18.2 Å². The van der Waals surface area contributed by atoms with E-state index in [-0.39, 0.29) is 23.9 Å². The fourth-order valence-corrected chi connectivity index (χ4v) is 4.96. The highest BCUT2D eigenvalue weighted by Gasteiger charge is 2.43. The van der Waals surface area contributed by atoms with Gasteiger partial charge in [0.15, 0.2) is 0 Å². The molecule has 0 bridgehead atoms. The van der Waals surface area contributed by atoms with Crippen LogP contribution in [0.3, 0.4) is 0 Å². The number of aliphatic hydroxyl groups is 1. The van der Waals surface area contributed by atoms with Crippen molar-refractivity contribution >= 4 is 5.91 Å². The highest BCUT2D eigenvalue weighted by molar-refractivity contribution is 5.88. The van der Waals surface area contributed by atoms with Crippen LogP contribution in [0.25, 0.3) is 0 Å². The van der Waals surface area contributed by atoms with Gasteiger partial charge in [0.05, 0.1) is 11.5 Å². The summed E-state index contributed by atoms with van der Waals surface area (Å²) in [6.45, 7) is 1.91. The number of hydrogen-bond donors (Lipinski definition) is 2. The average Bonchev–Trinajstić information content (AvgIpc) is 3.35. The van der Waals surface area contributed by atoms with Gasteiger partial charge in [0.2, 0.25) is 5.91 Å². The molecule has 1 aliphatic heterocycles. The van der Waals surface area contributed by atoms with Crippen molar-refractivity contribution in [2.45, 2.75) is 56.2 Å². The van der Waals surface area contributed by atoms with Crippen LogP contribution < -0.4 is 5.32 Å². The van der Waals surface area contributed by atoms with Gasteiger partial charge in [-0.3, -0.25) is 9.69 Å². The van der Waals surface area contributed by atoms with Crippen molar-refractivity contribution in [1.29, 1.82) is 0 Å². The lowest BCUT2D eigenvalue weighted by Crippen LogP contribution is -2.47. The first-order valence-electron chi connectivity index (χ1n) is 10.6. The van der Waals surface area contributed by atoms with Crippen LogP contribution >= 0.6 is 0 Å². The molecule has 1 amide bonds. The molecule has 29 heavy (non-hydrogen) atoms. The number of aliphatic hydroxyl groups excluding tert-OH is 1. The molecule has 2 fully saturated rings. The second-order valence-corrected chi connectivity index (χ2v) is 8.46. The van der Waals surface area contributed by atoms with Crippen molar-refractivity contribution in [2.75, 3.05) is 13.1 Å². The van der Waals surface area contributed by atoms with Gasteiger partial charge in [0, 0.05) is 25.7 Å². The van der Waals surface area contributed by atoms with Crippen LogP contribution in [0.15, 0.2) is 54.6 Å². The molecular formula is C24H29FN2O2. The second kappa shape index (κ2) is 8.64. The van der Waals surface area contributed by atoms with Crippen molar-refractivity contribution in [1.82, 2.24) is 10.2 Å². The predicted octanol–water partition coefficient (Wildman–Crippen LogP) is 3.39. The standard InChI is InChI=1S/C24H29FN2O2/c25-20-10-8-19(9-11-20)24(12-4-5-13-24)23(29)26-15-21-14-22(28)17-27(21)16-18-6-2-1-3-7-18/h1-3,6-11,21-22,28H,4-5,12-17H2,(H,26,29).